The Morgan fingerprint density at radius 2 is 2.30 bits per heavy atom. The molecule has 0 spiro atoms. The number of nitrogens with zero attached hydrogens (tertiary/aromatic N) is 3. The number of hydrogen-bond donors (Lipinski definition) is 1. The van der Waals surface area contributed by atoms with Crippen LogP contribution in [-0.2, 0) is 4.79 Å². The van der Waals surface area contributed by atoms with Gasteiger partial charge in [0.1, 0.15) is 5.01 Å². The Kier molecular flexibility index (Phi) is 3.50. The summed E-state index contributed by atoms with van der Waals surface area (Å²) in [5.41, 5.74) is 2.18. The lowest BCUT2D eigenvalue weighted by atomic mass is 10.1. The Morgan fingerprint density at radius 3 is 3.00 bits per heavy atom. The molecule has 2 heterocycles. The normalized spacial score (nSPS) is 18.8. The first kappa shape index (κ1) is 13.2. The molecule has 0 radical (unpaired) electrons. The van der Waals surface area contributed by atoms with Crippen LogP contribution < -0.4 is 4.90 Å². The molecule has 20 heavy (non-hydrogen) atoms. The molecular weight excluding hydrogens is 274 g/mol. The van der Waals surface area contributed by atoms with E-state index in [4.69, 9.17) is 5.11 Å². The van der Waals surface area contributed by atoms with E-state index >= 15 is 0 Å². The van der Waals surface area contributed by atoms with Crippen molar-refractivity contribution < 1.29 is 9.90 Å². The molecule has 104 valence electrons. The van der Waals surface area contributed by atoms with Gasteiger partial charge in [-0.15, -0.1) is 10.2 Å². The summed E-state index contributed by atoms with van der Waals surface area (Å²) in [6, 6.07) is 8.04. The van der Waals surface area contributed by atoms with Crippen LogP contribution in [0.4, 0.5) is 5.13 Å². The van der Waals surface area contributed by atoms with Crippen molar-refractivity contribution in [2.75, 3.05) is 18.1 Å². The summed E-state index contributed by atoms with van der Waals surface area (Å²) >= 11 is 1.41. The standard InChI is InChI=1S/C14H15N3O2S/c1-9-3-2-4-11(5-9)13-15-16-14(20-13)17-7-10(8-18)6-12(17)19/h2-5,10,18H,6-8H2,1H3. The van der Waals surface area contributed by atoms with Crippen molar-refractivity contribution in [3.05, 3.63) is 29.8 Å². The molecule has 5 nitrogen and oxygen atoms in total. The largest absolute Gasteiger partial charge is 0.396 e. The smallest absolute Gasteiger partial charge is 0.229 e. The number of anilines is 1. The van der Waals surface area contributed by atoms with Crippen molar-refractivity contribution >= 4 is 22.4 Å². The van der Waals surface area contributed by atoms with E-state index in [1.807, 2.05) is 31.2 Å². The Bertz CT molecular complexity index is 641. The fourth-order valence-electron chi connectivity index (χ4n) is 2.31. The first-order valence-electron chi connectivity index (χ1n) is 6.49. The van der Waals surface area contributed by atoms with Crippen molar-refractivity contribution in [1.29, 1.82) is 0 Å². The van der Waals surface area contributed by atoms with Crippen LogP contribution in [0.1, 0.15) is 12.0 Å². The second-order valence-electron chi connectivity index (χ2n) is 5.02. The molecule has 6 heteroatoms. The van der Waals surface area contributed by atoms with E-state index in [1.165, 1.54) is 11.3 Å². The van der Waals surface area contributed by atoms with Crippen molar-refractivity contribution in [1.82, 2.24) is 10.2 Å². The summed E-state index contributed by atoms with van der Waals surface area (Å²) in [5, 5.41) is 18.9. The van der Waals surface area contributed by atoms with Crippen LogP contribution >= 0.6 is 11.3 Å². The second-order valence-corrected chi connectivity index (χ2v) is 5.97. The van der Waals surface area contributed by atoms with E-state index in [2.05, 4.69) is 10.2 Å². The van der Waals surface area contributed by atoms with Gasteiger partial charge in [0.05, 0.1) is 0 Å². The van der Waals surface area contributed by atoms with E-state index in [0.717, 1.165) is 16.1 Å². The molecule has 1 N–H and O–H groups in total. The molecule has 1 saturated heterocycles. The van der Waals surface area contributed by atoms with Gasteiger partial charge in [-0.05, 0) is 13.0 Å². The first-order chi connectivity index (χ1) is 9.67. The summed E-state index contributed by atoms with van der Waals surface area (Å²) in [7, 11) is 0. The number of benzene rings is 1. The lowest BCUT2D eigenvalue weighted by Crippen LogP contribution is -2.24. The molecule has 1 amide bonds. The first-order valence-corrected chi connectivity index (χ1v) is 7.31. The number of carbonyl (C=O) groups is 1. The molecule has 1 aliphatic rings. The number of aliphatic hydroxyl groups excluding tert-OH is 1. The van der Waals surface area contributed by atoms with Gasteiger partial charge in [-0.25, -0.2) is 0 Å². The lowest BCUT2D eigenvalue weighted by molar-refractivity contribution is -0.117. The number of aryl methyl sites for hydroxylation is 1. The van der Waals surface area contributed by atoms with Crippen LogP contribution in [0.3, 0.4) is 0 Å². The number of amides is 1. The minimum absolute atomic E-state index is 0.00817. The highest BCUT2D eigenvalue weighted by molar-refractivity contribution is 7.18. The Labute approximate surface area is 120 Å². The van der Waals surface area contributed by atoms with E-state index in [0.29, 0.717) is 18.1 Å². The highest BCUT2D eigenvalue weighted by Crippen LogP contribution is 2.32. The van der Waals surface area contributed by atoms with E-state index in [1.54, 1.807) is 4.90 Å². The van der Waals surface area contributed by atoms with Gasteiger partial charge in [-0.2, -0.15) is 0 Å². The van der Waals surface area contributed by atoms with Gasteiger partial charge < -0.3 is 5.11 Å². The summed E-state index contributed by atoms with van der Waals surface area (Å²) in [5.74, 6) is 0.0183. The van der Waals surface area contributed by atoms with Gasteiger partial charge >= 0.3 is 0 Å². The maximum atomic E-state index is 11.9. The van der Waals surface area contributed by atoms with Crippen molar-refractivity contribution in [3.8, 4) is 10.6 Å². The third kappa shape index (κ3) is 2.44. The molecule has 1 unspecified atom stereocenters. The van der Waals surface area contributed by atoms with Crippen LogP contribution in [0.25, 0.3) is 10.6 Å². The number of hydrogen-bond acceptors (Lipinski definition) is 5. The van der Waals surface area contributed by atoms with Gasteiger partial charge in [0.15, 0.2) is 0 Å². The fourth-order valence-corrected chi connectivity index (χ4v) is 3.18. The number of rotatable bonds is 3. The minimum Gasteiger partial charge on any atom is -0.396 e. The molecule has 0 saturated carbocycles. The third-order valence-electron chi connectivity index (χ3n) is 3.37. The Morgan fingerprint density at radius 1 is 1.45 bits per heavy atom. The summed E-state index contributed by atoms with van der Waals surface area (Å²) in [4.78, 5) is 13.5. The van der Waals surface area contributed by atoms with Gasteiger partial charge in [-0.3, -0.25) is 9.69 Å². The predicted octanol–water partition coefficient (Wildman–Crippen LogP) is 1.86. The van der Waals surface area contributed by atoms with E-state index < -0.39 is 0 Å². The summed E-state index contributed by atoms with van der Waals surface area (Å²) in [6.45, 7) is 2.59. The zero-order valence-electron chi connectivity index (χ0n) is 11.1. The maximum Gasteiger partial charge on any atom is 0.229 e. The maximum absolute atomic E-state index is 11.9. The Balaban J connectivity index is 1.86. The molecule has 1 atom stereocenters. The van der Waals surface area contributed by atoms with Gasteiger partial charge in [0.2, 0.25) is 11.0 Å². The molecule has 3 rings (SSSR count). The second kappa shape index (κ2) is 5.30. The van der Waals surface area contributed by atoms with Crippen LogP contribution in [0, 0.1) is 12.8 Å². The molecular formula is C14H15N3O2S. The van der Waals surface area contributed by atoms with Crippen LogP contribution in [-0.4, -0.2) is 34.4 Å². The molecule has 0 aliphatic carbocycles. The summed E-state index contributed by atoms with van der Waals surface area (Å²) < 4.78 is 0. The number of aromatic nitrogens is 2. The molecule has 1 aliphatic heterocycles. The van der Waals surface area contributed by atoms with Crippen molar-refractivity contribution in [2.24, 2.45) is 5.92 Å². The minimum atomic E-state index is 0.00817. The molecule has 1 aromatic carbocycles. The number of carbonyl (C=O) groups excluding carboxylic acids is 1. The average molecular weight is 289 g/mol. The highest BCUT2D eigenvalue weighted by atomic mass is 32.1. The van der Waals surface area contributed by atoms with Crippen LogP contribution in [0.15, 0.2) is 24.3 Å². The molecule has 2 aromatic rings. The quantitative estimate of drug-likeness (QED) is 0.936. The predicted molar refractivity (Wildman–Crippen MR) is 77.6 cm³/mol. The summed E-state index contributed by atoms with van der Waals surface area (Å²) in [6.07, 6.45) is 0.385. The van der Waals surface area contributed by atoms with Crippen LogP contribution in [0.5, 0.6) is 0 Å². The van der Waals surface area contributed by atoms with E-state index in [-0.39, 0.29) is 18.4 Å². The molecule has 1 fully saturated rings. The lowest BCUT2D eigenvalue weighted by Gasteiger charge is -2.10. The van der Waals surface area contributed by atoms with E-state index in [9.17, 15) is 4.79 Å². The van der Waals surface area contributed by atoms with Crippen molar-refractivity contribution in [3.63, 3.8) is 0 Å². The van der Waals surface area contributed by atoms with Crippen molar-refractivity contribution in [2.45, 2.75) is 13.3 Å². The molecule has 1 aromatic heterocycles. The average Bonchev–Trinajstić information content (AvgIpc) is 3.05. The zero-order valence-corrected chi connectivity index (χ0v) is 11.9. The monoisotopic (exact) mass is 289 g/mol. The highest BCUT2D eigenvalue weighted by Gasteiger charge is 2.32. The Hall–Kier alpha value is -1.79. The fraction of sp³-hybridized carbons (Fsp3) is 0.357. The molecule has 0 bridgehead atoms. The van der Waals surface area contributed by atoms with Gasteiger partial charge in [0.25, 0.3) is 0 Å². The number of aliphatic hydroxyl groups is 1. The SMILES string of the molecule is Cc1cccc(-c2nnc(N3CC(CO)CC3=O)s2)c1. The van der Waals surface area contributed by atoms with Gasteiger partial charge in [-0.1, -0.05) is 35.1 Å². The zero-order chi connectivity index (χ0) is 14.1. The third-order valence-corrected chi connectivity index (χ3v) is 4.37. The van der Waals surface area contributed by atoms with Gasteiger partial charge in [0, 0.05) is 31.1 Å². The van der Waals surface area contributed by atoms with Crippen LogP contribution in [0.2, 0.25) is 0 Å². The topological polar surface area (TPSA) is 66.3 Å².